The summed E-state index contributed by atoms with van der Waals surface area (Å²) in [5.41, 5.74) is 3.28. The van der Waals surface area contributed by atoms with Gasteiger partial charge >= 0.3 is 0 Å². The first kappa shape index (κ1) is 20.9. The molecule has 9 heteroatoms. The van der Waals surface area contributed by atoms with E-state index < -0.39 is 10.0 Å². The summed E-state index contributed by atoms with van der Waals surface area (Å²) in [5, 5.41) is 1.75. The van der Waals surface area contributed by atoms with Gasteiger partial charge in [-0.15, -0.1) is 11.3 Å². The molecule has 0 saturated carbocycles. The monoisotopic (exact) mass is 466 g/mol. The normalized spacial score (nSPS) is 15.3. The number of carbonyl (C=O) groups is 1. The van der Waals surface area contributed by atoms with Gasteiger partial charge in [0.15, 0.2) is 0 Å². The zero-order chi connectivity index (χ0) is 22.3. The first-order valence-corrected chi connectivity index (χ1v) is 12.6. The lowest BCUT2D eigenvalue weighted by Crippen LogP contribution is -2.50. The molecule has 164 valence electrons. The van der Waals surface area contributed by atoms with Crippen molar-refractivity contribution >= 4 is 38.3 Å². The predicted molar refractivity (Wildman–Crippen MR) is 125 cm³/mol. The van der Waals surface area contributed by atoms with Crippen molar-refractivity contribution in [3.8, 4) is 5.69 Å². The van der Waals surface area contributed by atoms with Crippen LogP contribution in [0.25, 0.3) is 16.7 Å². The molecular formula is C23H22N4O3S2. The molecule has 3 heterocycles. The van der Waals surface area contributed by atoms with Crippen molar-refractivity contribution in [1.82, 2.24) is 18.8 Å². The number of sulfonamides is 1. The van der Waals surface area contributed by atoms with Crippen LogP contribution in [0.3, 0.4) is 0 Å². The molecule has 32 heavy (non-hydrogen) atoms. The molecule has 4 aromatic rings. The summed E-state index contributed by atoms with van der Waals surface area (Å²) < 4.78 is 29.3. The number of piperazine rings is 1. The van der Waals surface area contributed by atoms with Crippen LogP contribution in [-0.4, -0.2) is 59.3 Å². The van der Waals surface area contributed by atoms with Gasteiger partial charge in [-0.25, -0.2) is 13.4 Å². The summed E-state index contributed by atoms with van der Waals surface area (Å²) >= 11 is 1.21. The summed E-state index contributed by atoms with van der Waals surface area (Å²) in [5.74, 6) is 0.746. The standard InChI is InChI=1S/C23H22N4O3S2/c1-17-24-20-16-18(9-10-21(20)27(17)19-6-3-2-4-7-19)23(28)25-11-13-26(14-12-25)32(29,30)22-8-5-15-31-22/h2-10,15-16H,11-14H2,1H3. The van der Waals surface area contributed by atoms with Crippen molar-refractivity contribution in [2.45, 2.75) is 11.1 Å². The number of hydrogen-bond donors (Lipinski definition) is 0. The number of amides is 1. The Bertz CT molecular complexity index is 1370. The summed E-state index contributed by atoms with van der Waals surface area (Å²) in [6, 6.07) is 18.9. The Morgan fingerprint density at radius 3 is 2.41 bits per heavy atom. The van der Waals surface area contributed by atoms with Crippen LogP contribution in [0, 0.1) is 6.92 Å². The Morgan fingerprint density at radius 2 is 1.72 bits per heavy atom. The maximum absolute atomic E-state index is 13.1. The largest absolute Gasteiger partial charge is 0.336 e. The molecule has 0 radical (unpaired) electrons. The molecule has 0 N–H and O–H groups in total. The van der Waals surface area contributed by atoms with Gasteiger partial charge in [0.2, 0.25) is 0 Å². The fraction of sp³-hybridized carbons (Fsp3) is 0.217. The van der Waals surface area contributed by atoms with Crippen molar-refractivity contribution in [3.05, 3.63) is 77.4 Å². The lowest BCUT2D eigenvalue weighted by Gasteiger charge is -2.33. The van der Waals surface area contributed by atoms with Crippen LogP contribution >= 0.6 is 11.3 Å². The van der Waals surface area contributed by atoms with Gasteiger partial charge in [-0.05, 0) is 48.7 Å². The molecule has 5 rings (SSSR count). The van der Waals surface area contributed by atoms with E-state index in [1.54, 1.807) is 22.4 Å². The summed E-state index contributed by atoms with van der Waals surface area (Å²) in [6.45, 7) is 3.24. The first-order valence-electron chi connectivity index (χ1n) is 10.3. The van der Waals surface area contributed by atoms with Gasteiger partial charge in [0.05, 0.1) is 11.0 Å². The molecule has 1 saturated heterocycles. The van der Waals surface area contributed by atoms with Crippen LogP contribution < -0.4 is 0 Å². The average molecular weight is 467 g/mol. The van der Waals surface area contributed by atoms with E-state index in [9.17, 15) is 13.2 Å². The highest BCUT2D eigenvalue weighted by molar-refractivity contribution is 7.91. The molecule has 0 unspecified atom stereocenters. The quantitative estimate of drug-likeness (QED) is 0.461. The summed E-state index contributed by atoms with van der Waals surface area (Å²) in [6.07, 6.45) is 0. The Morgan fingerprint density at radius 1 is 0.969 bits per heavy atom. The molecule has 1 amide bonds. The fourth-order valence-electron chi connectivity index (χ4n) is 4.09. The second-order valence-electron chi connectivity index (χ2n) is 7.66. The van der Waals surface area contributed by atoms with Crippen molar-refractivity contribution in [2.75, 3.05) is 26.2 Å². The molecular weight excluding hydrogens is 444 g/mol. The van der Waals surface area contributed by atoms with Crippen molar-refractivity contribution < 1.29 is 13.2 Å². The second-order valence-corrected chi connectivity index (χ2v) is 10.8. The van der Waals surface area contributed by atoms with E-state index in [4.69, 9.17) is 0 Å². The van der Waals surface area contributed by atoms with E-state index in [2.05, 4.69) is 9.55 Å². The number of aryl methyl sites for hydroxylation is 1. The van der Waals surface area contributed by atoms with Gasteiger partial charge in [0.1, 0.15) is 10.0 Å². The minimum Gasteiger partial charge on any atom is -0.336 e. The van der Waals surface area contributed by atoms with Crippen LogP contribution in [-0.2, 0) is 10.0 Å². The SMILES string of the molecule is Cc1nc2cc(C(=O)N3CCN(S(=O)(=O)c4cccs4)CC3)ccc2n1-c1ccccc1. The maximum atomic E-state index is 13.1. The summed E-state index contributed by atoms with van der Waals surface area (Å²) in [7, 11) is -3.49. The molecule has 0 spiro atoms. The van der Waals surface area contributed by atoms with Gasteiger partial charge in [-0.2, -0.15) is 4.31 Å². The van der Waals surface area contributed by atoms with Gasteiger partial charge in [0, 0.05) is 37.4 Å². The van der Waals surface area contributed by atoms with Crippen LogP contribution in [0.15, 0.2) is 70.3 Å². The second kappa shape index (κ2) is 8.16. The Balaban J connectivity index is 1.35. The third-order valence-electron chi connectivity index (χ3n) is 5.70. The minimum atomic E-state index is -3.49. The smallest absolute Gasteiger partial charge is 0.254 e. The van der Waals surface area contributed by atoms with Crippen LogP contribution in [0.4, 0.5) is 0 Å². The molecule has 0 aliphatic carbocycles. The van der Waals surface area contributed by atoms with Crippen molar-refractivity contribution in [3.63, 3.8) is 0 Å². The molecule has 1 aliphatic rings. The highest BCUT2D eigenvalue weighted by Crippen LogP contribution is 2.25. The van der Waals surface area contributed by atoms with E-state index in [1.807, 2.05) is 55.5 Å². The number of aromatic nitrogens is 2. The number of carbonyl (C=O) groups excluding carboxylic acids is 1. The Hall–Kier alpha value is -3.01. The average Bonchev–Trinajstić information content (AvgIpc) is 3.47. The predicted octanol–water partition coefficient (Wildman–Crippen LogP) is 3.54. The Labute approximate surface area is 190 Å². The van der Waals surface area contributed by atoms with E-state index in [-0.39, 0.29) is 19.0 Å². The van der Waals surface area contributed by atoms with Crippen LogP contribution in [0.1, 0.15) is 16.2 Å². The number of para-hydroxylation sites is 1. The van der Waals surface area contributed by atoms with E-state index >= 15 is 0 Å². The molecule has 2 aromatic carbocycles. The molecule has 1 aliphatic heterocycles. The highest BCUT2D eigenvalue weighted by Gasteiger charge is 2.31. The van der Waals surface area contributed by atoms with Crippen molar-refractivity contribution in [1.29, 1.82) is 0 Å². The maximum Gasteiger partial charge on any atom is 0.254 e. The van der Waals surface area contributed by atoms with Gasteiger partial charge in [0.25, 0.3) is 15.9 Å². The number of fused-ring (bicyclic) bond motifs is 1. The van der Waals surface area contributed by atoms with E-state index in [0.717, 1.165) is 22.5 Å². The summed E-state index contributed by atoms with van der Waals surface area (Å²) in [4.78, 5) is 19.5. The third kappa shape index (κ3) is 3.62. The van der Waals surface area contributed by atoms with Gasteiger partial charge in [-0.1, -0.05) is 24.3 Å². The molecule has 0 atom stereocenters. The highest BCUT2D eigenvalue weighted by atomic mass is 32.2. The fourth-order valence-corrected chi connectivity index (χ4v) is 6.66. The first-order chi connectivity index (χ1) is 15.4. The zero-order valence-corrected chi connectivity index (χ0v) is 19.1. The van der Waals surface area contributed by atoms with Crippen LogP contribution in [0.5, 0.6) is 0 Å². The van der Waals surface area contributed by atoms with E-state index in [1.165, 1.54) is 15.6 Å². The lowest BCUT2D eigenvalue weighted by atomic mass is 10.1. The number of thiophene rings is 1. The lowest BCUT2D eigenvalue weighted by molar-refractivity contribution is 0.0698. The van der Waals surface area contributed by atoms with Crippen molar-refractivity contribution in [2.24, 2.45) is 0 Å². The number of hydrogen-bond acceptors (Lipinski definition) is 5. The third-order valence-corrected chi connectivity index (χ3v) is 8.97. The number of rotatable bonds is 4. The molecule has 2 aromatic heterocycles. The number of imidazole rings is 1. The van der Waals surface area contributed by atoms with Gasteiger partial charge in [-0.3, -0.25) is 9.36 Å². The zero-order valence-electron chi connectivity index (χ0n) is 17.5. The van der Waals surface area contributed by atoms with E-state index in [0.29, 0.717) is 22.9 Å². The topological polar surface area (TPSA) is 75.5 Å². The molecule has 0 bridgehead atoms. The number of benzene rings is 2. The minimum absolute atomic E-state index is 0.105. The van der Waals surface area contributed by atoms with Gasteiger partial charge < -0.3 is 4.90 Å². The molecule has 7 nitrogen and oxygen atoms in total. The Kier molecular flexibility index (Phi) is 5.32. The number of nitrogens with zero attached hydrogens (tertiary/aromatic N) is 4. The molecule has 1 fully saturated rings. The van der Waals surface area contributed by atoms with Crippen LogP contribution in [0.2, 0.25) is 0 Å².